The summed E-state index contributed by atoms with van der Waals surface area (Å²) in [7, 11) is -3.56. The quantitative estimate of drug-likeness (QED) is 0.313. The lowest BCUT2D eigenvalue weighted by molar-refractivity contribution is 0.0297. The number of hydrogen-bond acceptors (Lipinski definition) is 7. The van der Waals surface area contributed by atoms with Gasteiger partial charge in [0.25, 0.3) is 21.9 Å². The van der Waals surface area contributed by atoms with Gasteiger partial charge in [0.05, 0.1) is 31.1 Å². The summed E-state index contributed by atoms with van der Waals surface area (Å²) in [5.41, 5.74) is 3.15. The zero-order valence-electron chi connectivity index (χ0n) is 21.0. The van der Waals surface area contributed by atoms with E-state index < -0.39 is 10.1 Å². The van der Waals surface area contributed by atoms with E-state index in [-0.39, 0.29) is 31.1 Å². The molecule has 3 aromatic rings. The van der Waals surface area contributed by atoms with Gasteiger partial charge >= 0.3 is 0 Å². The van der Waals surface area contributed by atoms with Crippen molar-refractivity contribution in [3.05, 3.63) is 88.1 Å². The van der Waals surface area contributed by atoms with Gasteiger partial charge in [-0.05, 0) is 61.7 Å². The molecule has 0 radical (unpaired) electrons. The molecule has 0 saturated carbocycles. The Hall–Kier alpha value is -3.31. The fourth-order valence-electron chi connectivity index (χ4n) is 4.26. The first-order valence-corrected chi connectivity index (χ1v) is 14.2. The average molecular weight is 558 g/mol. The van der Waals surface area contributed by atoms with E-state index in [0.717, 1.165) is 17.4 Å². The minimum Gasteiger partial charge on any atom is -0.371 e. The zero-order valence-corrected chi connectivity index (χ0v) is 22.6. The minimum absolute atomic E-state index is 0.0667. The highest BCUT2D eigenvalue weighted by molar-refractivity contribution is 7.85. The minimum atomic E-state index is -3.56. The van der Waals surface area contributed by atoms with Gasteiger partial charge < -0.3 is 15.0 Å². The van der Waals surface area contributed by atoms with Gasteiger partial charge in [-0.1, -0.05) is 29.8 Å². The van der Waals surface area contributed by atoms with Crippen molar-refractivity contribution < 1.29 is 26.9 Å². The third-order valence-corrected chi connectivity index (χ3v) is 6.89. The van der Waals surface area contributed by atoms with Gasteiger partial charge in [0, 0.05) is 34.6 Å². The summed E-state index contributed by atoms with van der Waals surface area (Å²) in [5, 5.41) is 3.26. The normalized spacial score (nSPS) is 15.4. The molecular weight excluding hydrogens is 530 g/mol. The smallest absolute Gasteiger partial charge is 0.264 e. The van der Waals surface area contributed by atoms with Crippen LogP contribution in [0, 0.1) is 6.92 Å². The van der Waals surface area contributed by atoms with Crippen molar-refractivity contribution in [2.45, 2.75) is 25.9 Å². The molecule has 38 heavy (non-hydrogen) atoms. The molecule has 1 aliphatic heterocycles. The Kier molecular flexibility index (Phi) is 8.78. The number of anilines is 2. The van der Waals surface area contributed by atoms with Crippen molar-refractivity contribution in [1.29, 1.82) is 0 Å². The predicted octanol–water partition coefficient (Wildman–Crippen LogP) is 4.77. The second-order valence-corrected chi connectivity index (χ2v) is 11.0. The lowest BCUT2D eigenvalue weighted by Crippen LogP contribution is -2.32. The molecule has 4 rings (SSSR count). The molecule has 0 saturated heterocycles. The Morgan fingerprint density at radius 2 is 1.92 bits per heavy atom. The predicted molar refractivity (Wildman–Crippen MR) is 145 cm³/mol. The van der Waals surface area contributed by atoms with E-state index in [0.29, 0.717) is 47.0 Å². The van der Waals surface area contributed by atoms with Gasteiger partial charge in [-0.3, -0.25) is 13.8 Å². The van der Waals surface area contributed by atoms with E-state index in [1.807, 2.05) is 19.1 Å². The molecule has 1 atom stereocenters. The number of nitrogens with zero attached hydrogens (tertiary/aromatic N) is 2. The lowest BCUT2D eigenvalue weighted by atomic mass is 10.0. The number of ether oxygens (including phenoxy) is 1. The largest absolute Gasteiger partial charge is 0.371 e. The van der Waals surface area contributed by atoms with Gasteiger partial charge in [0.15, 0.2) is 0 Å². The molecule has 0 fully saturated rings. The van der Waals surface area contributed by atoms with E-state index in [2.05, 4.69) is 10.3 Å². The number of nitrogens with one attached hydrogen (secondary N) is 1. The Bertz CT molecular complexity index is 1430. The number of rotatable bonds is 8. The first-order chi connectivity index (χ1) is 18.1. The standard InChI is InChI=1S/C27H28ClN3O6S/c1-18-6-3-4-7-21(18)26(32)30-25-12-9-19(17-29-25)27(33)31-13-5-8-24(36-14-15-37-38(2,34)35)22-16-20(28)10-11-23(22)31/h3-4,6-7,9-12,16-17,24H,5,8,13-15H2,1-2H3,(H,29,30,32). The SMILES string of the molecule is Cc1ccccc1C(=O)Nc1ccc(C(=O)N2CCCC(OCCOS(C)(=O)=O)c3cc(Cl)ccc32)cn1. The van der Waals surface area contributed by atoms with E-state index in [1.165, 1.54) is 6.20 Å². The molecule has 2 heterocycles. The van der Waals surface area contributed by atoms with Gasteiger partial charge in [0.2, 0.25) is 0 Å². The molecule has 9 nitrogen and oxygen atoms in total. The van der Waals surface area contributed by atoms with Gasteiger partial charge in [-0.25, -0.2) is 4.98 Å². The van der Waals surface area contributed by atoms with E-state index in [1.54, 1.807) is 47.4 Å². The van der Waals surface area contributed by atoms with E-state index in [4.69, 9.17) is 20.5 Å². The Morgan fingerprint density at radius 3 is 2.63 bits per heavy atom. The number of carbonyl (C=O) groups excluding carboxylic acids is 2. The van der Waals surface area contributed by atoms with Gasteiger partial charge in [-0.2, -0.15) is 8.42 Å². The Labute approximate surface area is 226 Å². The van der Waals surface area contributed by atoms with Crippen LogP contribution in [0.25, 0.3) is 0 Å². The zero-order chi connectivity index (χ0) is 27.3. The molecular formula is C27H28ClN3O6S. The molecule has 0 bridgehead atoms. The lowest BCUT2D eigenvalue weighted by Gasteiger charge is -2.24. The average Bonchev–Trinajstić information content (AvgIpc) is 3.05. The summed E-state index contributed by atoms with van der Waals surface area (Å²) in [5.74, 6) is -0.192. The third-order valence-electron chi connectivity index (χ3n) is 6.06. The van der Waals surface area contributed by atoms with Crippen LogP contribution in [0.4, 0.5) is 11.5 Å². The van der Waals surface area contributed by atoms with Crippen LogP contribution in [0.2, 0.25) is 5.02 Å². The van der Waals surface area contributed by atoms with Crippen LogP contribution in [0.5, 0.6) is 0 Å². The van der Waals surface area contributed by atoms with E-state index >= 15 is 0 Å². The number of carbonyl (C=O) groups is 2. The van der Waals surface area contributed by atoms with Crippen LogP contribution >= 0.6 is 11.6 Å². The fourth-order valence-corrected chi connectivity index (χ4v) is 4.81. The van der Waals surface area contributed by atoms with Crippen LogP contribution in [-0.2, 0) is 19.0 Å². The summed E-state index contributed by atoms with van der Waals surface area (Å²) in [6.45, 7) is 2.26. The summed E-state index contributed by atoms with van der Waals surface area (Å²) in [6.07, 6.45) is 3.29. The van der Waals surface area contributed by atoms with E-state index in [9.17, 15) is 18.0 Å². The van der Waals surface area contributed by atoms with Crippen molar-refractivity contribution in [2.75, 3.05) is 36.2 Å². The summed E-state index contributed by atoms with van der Waals surface area (Å²) in [4.78, 5) is 32.0. The third kappa shape index (κ3) is 6.96. The number of aromatic nitrogens is 1. The van der Waals surface area contributed by atoms with Crippen molar-refractivity contribution >= 4 is 45.0 Å². The molecule has 2 aromatic carbocycles. The number of pyridine rings is 1. The van der Waals surface area contributed by atoms with Crippen LogP contribution in [-0.4, -0.2) is 51.2 Å². The molecule has 1 N–H and O–H groups in total. The van der Waals surface area contributed by atoms with Crippen molar-refractivity contribution in [1.82, 2.24) is 4.98 Å². The Balaban J connectivity index is 1.49. The molecule has 0 aliphatic carbocycles. The van der Waals surface area contributed by atoms with Crippen molar-refractivity contribution in [2.24, 2.45) is 0 Å². The maximum absolute atomic E-state index is 13.5. The second-order valence-electron chi connectivity index (χ2n) is 8.89. The maximum Gasteiger partial charge on any atom is 0.264 e. The van der Waals surface area contributed by atoms with Gasteiger partial charge in [0.1, 0.15) is 5.82 Å². The summed E-state index contributed by atoms with van der Waals surface area (Å²) >= 11 is 6.27. The number of halogens is 1. The fraction of sp³-hybridized carbons (Fsp3) is 0.296. The van der Waals surface area contributed by atoms with Crippen LogP contribution in [0.1, 0.15) is 50.8 Å². The maximum atomic E-state index is 13.5. The molecule has 0 spiro atoms. The molecule has 1 aromatic heterocycles. The van der Waals surface area contributed by atoms with Crippen LogP contribution < -0.4 is 10.2 Å². The second kappa shape index (κ2) is 12.0. The highest BCUT2D eigenvalue weighted by Crippen LogP contribution is 2.37. The number of benzene rings is 2. The molecule has 200 valence electrons. The molecule has 1 unspecified atom stereocenters. The number of amides is 2. The topological polar surface area (TPSA) is 115 Å². The molecule has 1 aliphatic rings. The van der Waals surface area contributed by atoms with Gasteiger partial charge in [-0.15, -0.1) is 0 Å². The molecule has 2 amide bonds. The number of fused-ring (bicyclic) bond motifs is 1. The first kappa shape index (κ1) is 27.7. The highest BCUT2D eigenvalue weighted by Gasteiger charge is 2.28. The van der Waals surface area contributed by atoms with Crippen molar-refractivity contribution in [3.63, 3.8) is 0 Å². The number of aryl methyl sites for hydroxylation is 1. The summed E-state index contributed by atoms with van der Waals surface area (Å²) in [6, 6.07) is 15.7. The summed E-state index contributed by atoms with van der Waals surface area (Å²) < 4.78 is 33.1. The first-order valence-electron chi connectivity index (χ1n) is 12.0. The van der Waals surface area contributed by atoms with Crippen molar-refractivity contribution in [3.8, 4) is 0 Å². The highest BCUT2D eigenvalue weighted by atomic mass is 35.5. The van der Waals surface area contributed by atoms with Crippen LogP contribution in [0.3, 0.4) is 0 Å². The number of hydrogen-bond donors (Lipinski definition) is 1. The molecule has 11 heteroatoms. The monoisotopic (exact) mass is 557 g/mol. The Morgan fingerprint density at radius 1 is 1.13 bits per heavy atom. The van der Waals surface area contributed by atoms with Crippen LogP contribution in [0.15, 0.2) is 60.8 Å².